The average Bonchev–Trinajstić information content (AvgIpc) is 3.44. The highest BCUT2D eigenvalue weighted by atomic mass is 19.1. The Bertz CT molecular complexity index is 1490. The highest BCUT2D eigenvalue weighted by molar-refractivity contribution is 5.97. The van der Waals surface area contributed by atoms with Crippen LogP contribution in [0.1, 0.15) is 62.5 Å². The predicted molar refractivity (Wildman–Crippen MR) is 141 cm³/mol. The fourth-order valence-corrected chi connectivity index (χ4v) is 5.86. The summed E-state index contributed by atoms with van der Waals surface area (Å²) in [5.74, 6) is -1.63. The maximum atomic E-state index is 14.3. The summed E-state index contributed by atoms with van der Waals surface area (Å²) in [6.07, 6.45) is 3.46. The molecule has 6 rings (SSSR count). The van der Waals surface area contributed by atoms with Gasteiger partial charge in [-0.2, -0.15) is 0 Å². The van der Waals surface area contributed by atoms with Gasteiger partial charge in [0.1, 0.15) is 11.9 Å². The van der Waals surface area contributed by atoms with Crippen molar-refractivity contribution in [2.45, 2.75) is 24.4 Å². The van der Waals surface area contributed by atoms with Crippen LogP contribution in [0.3, 0.4) is 0 Å². The fourth-order valence-electron chi connectivity index (χ4n) is 5.86. The molecule has 4 aromatic carbocycles. The molecule has 1 heterocycles. The summed E-state index contributed by atoms with van der Waals surface area (Å²) in [6, 6.07) is 31.5. The lowest BCUT2D eigenvalue weighted by Gasteiger charge is -2.20. The number of hydrogen-bond donors (Lipinski definition) is 0. The highest BCUT2D eigenvalue weighted by Crippen LogP contribution is 2.59. The summed E-state index contributed by atoms with van der Waals surface area (Å²) in [6.45, 7) is 0. The van der Waals surface area contributed by atoms with Gasteiger partial charge in [-0.15, -0.1) is 0 Å². The first-order chi connectivity index (χ1) is 18.1. The van der Waals surface area contributed by atoms with Gasteiger partial charge in [0, 0.05) is 29.4 Å². The molecule has 0 unspecified atom stereocenters. The topological polar surface area (TPSA) is 43.4 Å². The summed E-state index contributed by atoms with van der Waals surface area (Å²) in [7, 11) is 0. The molecular formula is C33H25FO3. The third-order valence-corrected chi connectivity index (χ3v) is 7.53. The van der Waals surface area contributed by atoms with E-state index in [1.54, 1.807) is 18.2 Å². The van der Waals surface area contributed by atoms with E-state index in [0.717, 1.165) is 22.3 Å². The van der Waals surface area contributed by atoms with Crippen LogP contribution >= 0.6 is 0 Å². The zero-order valence-electron chi connectivity index (χ0n) is 20.1. The lowest BCUT2D eigenvalue weighted by Crippen LogP contribution is -2.19. The van der Waals surface area contributed by atoms with E-state index in [1.165, 1.54) is 12.1 Å². The number of carbonyl (C=O) groups is 2. The van der Waals surface area contributed by atoms with Crippen molar-refractivity contribution in [2.24, 2.45) is 5.92 Å². The molecule has 0 aromatic heterocycles. The van der Waals surface area contributed by atoms with E-state index in [2.05, 4.69) is 0 Å². The molecule has 1 saturated heterocycles. The van der Waals surface area contributed by atoms with Crippen LogP contribution in [-0.4, -0.2) is 11.8 Å². The van der Waals surface area contributed by atoms with Gasteiger partial charge < -0.3 is 4.74 Å². The van der Waals surface area contributed by atoms with Crippen LogP contribution in [-0.2, 0) is 9.53 Å². The number of carbonyl (C=O) groups excluding carboxylic acids is 2. The molecule has 0 bridgehead atoms. The van der Waals surface area contributed by atoms with Crippen molar-refractivity contribution in [1.82, 2.24) is 0 Å². The van der Waals surface area contributed by atoms with E-state index in [-0.39, 0.29) is 35.8 Å². The van der Waals surface area contributed by atoms with Crippen molar-refractivity contribution < 1.29 is 18.7 Å². The second-order valence-electron chi connectivity index (χ2n) is 9.66. The number of Topliss-reactive ketones (excluding diaryl/α,β-unsaturated/α-hetero) is 1. The SMILES string of the molecule is O=C(C[C@H]1c2ccccc2[C@@H]2[C@H]1C(=O)O[C@@H]2c1ccc(F)cc1/C=C/c1ccccc1)c1ccccc1. The third-order valence-electron chi connectivity index (χ3n) is 7.53. The van der Waals surface area contributed by atoms with Gasteiger partial charge in [0.25, 0.3) is 0 Å². The summed E-state index contributed by atoms with van der Waals surface area (Å²) < 4.78 is 20.3. The Morgan fingerprint density at radius 3 is 2.19 bits per heavy atom. The van der Waals surface area contributed by atoms with Gasteiger partial charge >= 0.3 is 5.97 Å². The number of fused-ring (bicyclic) bond motifs is 3. The number of ether oxygens (including phenoxy) is 1. The van der Waals surface area contributed by atoms with Gasteiger partial charge in [-0.1, -0.05) is 103 Å². The number of halogens is 1. The van der Waals surface area contributed by atoms with Gasteiger partial charge in [0.2, 0.25) is 0 Å². The maximum absolute atomic E-state index is 14.3. The normalized spacial score (nSPS) is 22.0. The van der Waals surface area contributed by atoms with E-state index < -0.39 is 12.0 Å². The fraction of sp³-hybridized carbons (Fsp3) is 0.152. The van der Waals surface area contributed by atoms with Crippen molar-refractivity contribution in [3.63, 3.8) is 0 Å². The first kappa shape index (κ1) is 23.1. The van der Waals surface area contributed by atoms with Crippen molar-refractivity contribution >= 4 is 23.9 Å². The summed E-state index contributed by atoms with van der Waals surface area (Å²) in [5, 5.41) is 0. The van der Waals surface area contributed by atoms with Gasteiger partial charge in [-0.05, 0) is 34.4 Å². The molecule has 0 saturated carbocycles. The monoisotopic (exact) mass is 488 g/mol. The zero-order chi connectivity index (χ0) is 25.4. The van der Waals surface area contributed by atoms with Crippen LogP contribution < -0.4 is 0 Å². The highest BCUT2D eigenvalue weighted by Gasteiger charge is 2.55. The van der Waals surface area contributed by atoms with Gasteiger partial charge in [0.15, 0.2) is 5.78 Å². The van der Waals surface area contributed by atoms with Crippen LogP contribution in [0.5, 0.6) is 0 Å². The molecule has 2 aliphatic rings. The number of cyclic esters (lactones) is 1. The number of ketones is 1. The van der Waals surface area contributed by atoms with E-state index in [4.69, 9.17) is 4.74 Å². The largest absolute Gasteiger partial charge is 0.457 e. The van der Waals surface area contributed by atoms with Gasteiger partial charge in [-0.3, -0.25) is 9.59 Å². The van der Waals surface area contributed by atoms with Crippen LogP contribution in [0.4, 0.5) is 4.39 Å². The van der Waals surface area contributed by atoms with Crippen molar-refractivity contribution in [3.8, 4) is 0 Å². The summed E-state index contributed by atoms with van der Waals surface area (Å²) in [5.41, 5.74) is 5.11. The Labute approximate surface area is 215 Å². The Hall–Kier alpha value is -4.31. The Balaban J connectivity index is 1.38. The Kier molecular flexibility index (Phi) is 6.01. The van der Waals surface area contributed by atoms with Crippen LogP contribution in [0, 0.1) is 11.7 Å². The Morgan fingerprint density at radius 2 is 1.43 bits per heavy atom. The van der Waals surface area contributed by atoms with E-state index in [1.807, 2.05) is 84.9 Å². The standard InChI is InChI=1S/C33H25FO3/c34-24-17-18-25(23(19-24)16-15-21-9-3-1-4-10-21)32-30-27-14-8-7-13-26(27)28(31(30)33(36)37-32)20-29(35)22-11-5-2-6-12-22/h1-19,28,30-32H,20H2/b16-15+/t28-,30+,31-,32+/m0/s1. The molecule has 4 aromatic rings. The molecule has 0 radical (unpaired) electrons. The molecule has 0 spiro atoms. The number of rotatable bonds is 6. The predicted octanol–water partition coefficient (Wildman–Crippen LogP) is 7.36. The average molecular weight is 489 g/mol. The second-order valence-corrected chi connectivity index (χ2v) is 9.66. The van der Waals surface area contributed by atoms with E-state index in [0.29, 0.717) is 11.1 Å². The van der Waals surface area contributed by atoms with E-state index in [9.17, 15) is 14.0 Å². The lowest BCUT2D eigenvalue weighted by molar-refractivity contribution is -0.145. The van der Waals surface area contributed by atoms with Gasteiger partial charge in [-0.25, -0.2) is 4.39 Å². The molecule has 4 heteroatoms. The molecule has 1 aliphatic heterocycles. The molecule has 1 aliphatic carbocycles. The first-order valence-electron chi connectivity index (χ1n) is 12.5. The lowest BCUT2D eigenvalue weighted by atomic mass is 9.81. The van der Waals surface area contributed by atoms with Gasteiger partial charge in [0.05, 0.1) is 5.92 Å². The minimum atomic E-state index is -0.563. The quantitative estimate of drug-likeness (QED) is 0.162. The molecule has 4 atom stereocenters. The van der Waals surface area contributed by atoms with Crippen molar-refractivity contribution in [2.75, 3.05) is 0 Å². The first-order valence-corrected chi connectivity index (χ1v) is 12.5. The number of benzene rings is 4. The molecule has 3 nitrogen and oxygen atoms in total. The second kappa shape index (κ2) is 9.62. The van der Waals surface area contributed by atoms with Crippen LogP contribution in [0.2, 0.25) is 0 Å². The van der Waals surface area contributed by atoms with Crippen molar-refractivity contribution in [1.29, 1.82) is 0 Å². The third kappa shape index (κ3) is 4.29. The summed E-state index contributed by atoms with van der Waals surface area (Å²) in [4.78, 5) is 26.5. The molecule has 0 N–H and O–H groups in total. The van der Waals surface area contributed by atoms with Crippen molar-refractivity contribution in [3.05, 3.63) is 142 Å². The minimum absolute atomic E-state index is 0.00516. The van der Waals surface area contributed by atoms with E-state index >= 15 is 0 Å². The molecule has 37 heavy (non-hydrogen) atoms. The Morgan fingerprint density at radius 1 is 0.757 bits per heavy atom. The molecule has 0 amide bonds. The molecular weight excluding hydrogens is 463 g/mol. The molecule has 1 fully saturated rings. The van der Waals surface area contributed by atoms with Crippen LogP contribution in [0.15, 0.2) is 103 Å². The van der Waals surface area contributed by atoms with Crippen LogP contribution in [0.25, 0.3) is 12.2 Å². The maximum Gasteiger partial charge on any atom is 0.310 e. The zero-order valence-corrected chi connectivity index (χ0v) is 20.1. The molecule has 182 valence electrons. The minimum Gasteiger partial charge on any atom is -0.457 e. The number of esters is 1. The summed E-state index contributed by atoms with van der Waals surface area (Å²) >= 11 is 0. The smallest absolute Gasteiger partial charge is 0.310 e. The number of hydrogen-bond acceptors (Lipinski definition) is 3.